The van der Waals surface area contributed by atoms with Crippen LogP contribution in [0, 0.1) is 5.92 Å². The third-order valence-corrected chi connectivity index (χ3v) is 3.15. The first-order valence-corrected chi connectivity index (χ1v) is 6.18. The molecule has 2 N–H and O–H groups in total. The van der Waals surface area contributed by atoms with Crippen molar-refractivity contribution in [3.05, 3.63) is 0 Å². The number of nitrogens with two attached hydrogens (primary N) is 1. The first-order chi connectivity index (χ1) is 7.65. The molecule has 0 aliphatic carbocycles. The van der Waals surface area contributed by atoms with Crippen LogP contribution in [0.5, 0.6) is 0 Å². The number of rotatable bonds is 5. The van der Waals surface area contributed by atoms with Crippen LogP contribution in [0.2, 0.25) is 0 Å². The molecular weight excluding hydrogens is 204 g/mol. The Bertz CT molecular complexity index is 221. The minimum absolute atomic E-state index is 0.114. The Morgan fingerprint density at radius 1 is 1.62 bits per heavy atom. The van der Waals surface area contributed by atoms with E-state index >= 15 is 0 Å². The molecular formula is C12H24N2O2. The molecule has 1 fully saturated rings. The van der Waals surface area contributed by atoms with Gasteiger partial charge in [-0.15, -0.1) is 0 Å². The minimum Gasteiger partial charge on any atom is -0.385 e. The molecule has 4 nitrogen and oxygen atoms in total. The van der Waals surface area contributed by atoms with Crippen molar-refractivity contribution in [1.82, 2.24) is 4.90 Å². The van der Waals surface area contributed by atoms with Crippen LogP contribution < -0.4 is 5.73 Å². The lowest BCUT2D eigenvalue weighted by atomic mass is 9.99. The molecule has 0 saturated carbocycles. The van der Waals surface area contributed by atoms with Crippen LogP contribution in [-0.2, 0) is 9.53 Å². The summed E-state index contributed by atoms with van der Waals surface area (Å²) in [6.45, 7) is 4.62. The van der Waals surface area contributed by atoms with Gasteiger partial charge in [-0.1, -0.05) is 6.92 Å². The van der Waals surface area contributed by atoms with Crippen molar-refractivity contribution in [3.63, 3.8) is 0 Å². The quantitative estimate of drug-likeness (QED) is 0.714. The Morgan fingerprint density at radius 3 is 3.00 bits per heavy atom. The number of nitrogens with zero attached hydrogens (tertiary/aromatic N) is 1. The van der Waals surface area contributed by atoms with Gasteiger partial charge in [-0.2, -0.15) is 0 Å². The van der Waals surface area contributed by atoms with Gasteiger partial charge in [0.2, 0.25) is 5.91 Å². The highest BCUT2D eigenvalue weighted by Gasteiger charge is 2.24. The van der Waals surface area contributed by atoms with Crippen LogP contribution in [0.4, 0.5) is 0 Å². The highest BCUT2D eigenvalue weighted by atomic mass is 16.5. The van der Waals surface area contributed by atoms with E-state index in [1.54, 1.807) is 7.11 Å². The molecule has 0 aromatic rings. The van der Waals surface area contributed by atoms with Gasteiger partial charge < -0.3 is 15.4 Å². The first-order valence-electron chi connectivity index (χ1n) is 6.18. The predicted molar refractivity (Wildman–Crippen MR) is 64.1 cm³/mol. The fourth-order valence-electron chi connectivity index (χ4n) is 2.20. The molecule has 4 heteroatoms. The average Bonchev–Trinajstić information content (AvgIpc) is 2.28. The molecule has 0 radical (unpaired) electrons. The molecule has 1 amide bonds. The Labute approximate surface area is 98.1 Å². The van der Waals surface area contributed by atoms with Crippen molar-refractivity contribution < 1.29 is 9.53 Å². The summed E-state index contributed by atoms with van der Waals surface area (Å²) in [5.74, 6) is 0.728. The molecule has 0 aromatic heterocycles. The third-order valence-electron chi connectivity index (χ3n) is 3.15. The lowest BCUT2D eigenvalue weighted by Gasteiger charge is -2.32. The minimum atomic E-state index is -0.347. The van der Waals surface area contributed by atoms with Gasteiger partial charge in [0.1, 0.15) is 0 Å². The van der Waals surface area contributed by atoms with Crippen molar-refractivity contribution in [2.45, 2.75) is 38.6 Å². The Morgan fingerprint density at radius 2 is 2.38 bits per heavy atom. The molecule has 0 spiro atoms. The van der Waals surface area contributed by atoms with Gasteiger partial charge in [-0.25, -0.2) is 0 Å². The molecule has 1 heterocycles. The fourth-order valence-corrected chi connectivity index (χ4v) is 2.20. The predicted octanol–water partition coefficient (Wildman–Crippen LogP) is 0.999. The van der Waals surface area contributed by atoms with Gasteiger partial charge in [-0.3, -0.25) is 4.79 Å². The molecule has 1 rings (SSSR count). The Balaban J connectivity index is 2.31. The summed E-state index contributed by atoms with van der Waals surface area (Å²) in [6.07, 6.45) is 3.91. The van der Waals surface area contributed by atoms with E-state index in [-0.39, 0.29) is 11.9 Å². The van der Waals surface area contributed by atoms with Gasteiger partial charge in [0, 0.05) is 26.8 Å². The van der Waals surface area contributed by atoms with E-state index < -0.39 is 0 Å². The van der Waals surface area contributed by atoms with E-state index in [1.807, 2.05) is 4.90 Å². The summed E-state index contributed by atoms with van der Waals surface area (Å²) in [4.78, 5) is 13.9. The van der Waals surface area contributed by atoms with Crippen molar-refractivity contribution >= 4 is 5.91 Å². The largest absolute Gasteiger partial charge is 0.385 e. The molecule has 2 unspecified atom stereocenters. The number of likely N-dealkylation sites (tertiary alicyclic amines) is 1. The summed E-state index contributed by atoms with van der Waals surface area (Å²) in [5, 5.41) is 0. The zero-order valence-electron chi connectivity index (χ0n) is 10.4. The van der Waals surface area contributed by atoms with Crippen molar-refractivity contribution in [2.75, 3.05) is 26.8 Å². The van der Waals surface area contributed by atoms with E-state index in [0.717, 1.165) is 32.4 Å². The number of methoxy groups -OCH3 is 1. The van der Waals surface area contributed by atoms with E-state index in [1.165, 1.54) is 6.42 Å². The van der Waals surface area contributed by atoms with Gasteiger partial charge in [0.25, 0.3) is 0 Å². The van der Waals surface area contributed by atoms with Gasteiger partial charge in [0.15, 0.2) is 0 Å². The number of hydrogen-bond acceptors (Lipinski definition) is 3. The Hall–Kier alpha value is -0.610. The fraction of sp³-hybridized carbons (Fsp3) is 0.917. The molecule has 16 heavy (non-hydrogen) atoms. The van der Waals surface area contributed by atoms with E-state index in [2.05, 4.69) is 6.92 Å². The SMILES string of the molecule is COCCCC(N)C(=O)N1CCCC(C)C1. The number of hydrogen-bond donors (Lipinski definition) is 1. The monoisotopic (exact) mass is 228 g/mol. The van der Waals surface area contributed by atoms with Crippen LogP contribution in [0.25, 0.3) is 0 Å². The molecule has 2 atom stereocenters. The molecule has 1 aliphatic rings. The molecule has 1 saturated heterocycles. The maximum atomic E-state index is 12.0. The highest BCUT2D eigenvalue weighted by molar-refractivity contribution is 5.81. The second-order valence-corrected chi connectivity index (χ2v) is 4.77. The molecule has 0 bridgehead atoms. The zero-order valence-corrected chi connectivity index (χ0v) is 10.4. The molecule has 0 aromatic carbocycles. The lowest BCUT2D eigenvalue weighted by molar-refractivity contribution is -0.134. The normalized spacial score (nSPS) is 23.2. The van der Waals surface area contributed by atoms with Gasteiger partial charge in [0.05, 0.1) is 6.04 Å². The molecule has 94 valence electrons. The highest BCUT2D eigenvalue weighted by Crippen LogP contribution is 2.16. The summed E-state index contributed by atoms with van der Waals surface area (Å²) in [6, 6.07) is -0.347. The van der Waals surface area contributed by atoms with Gasteiger partial charge >= 0.3 is 0 Å². The van der Waals surface area contributed by atoms with E-state index in [0.29, 0.717) is 12.5 Å². The zero-order chi connectivity index (χ0) is 12.0. The molecule has 1 aliphatic heterocycles. The smallest absolute Gasteiger partial charge is 0.239 e. The number of carbonyl (C=O) groups excluding carboxylic acids is 1. The number of piperidine rings is 1. The summed E-state index contributed by atoms with van der Waals surface area (Å²) >= 11 is 0. The maximum Gasteiger partial charge on any atom is 0.239 e. The Kier molecular flexibility index (Phi) is 5.77. The summed E-state index contributed by atoms with van der Waals surface area (Å²) < 4.78 is 4.95. The van der Waals surface area contributed by atoms with Crippen molar-refractivity contribution in [2.24, 2.45) is 11.7 Å². The van der Waals surface area contributed by atoms with Crippen LogP contribution in [-0.4, -0.2) is 43.7 Å². The number of ether oxygens (including phenoxy) is 1. The topological polar surface area (TPSA) is 55.6 Å². The van der Waals surface area contributed by atoms with Crippen LogP contribution in [0.3, 0.4) is 0 Å². The van der Waals surface area contributed by atoms with Crippen molar-refractivity contribution in [1.29, 1.82) is 0 Å². The van der Waals surface area contributed by atoms with Crippen LogP contribution >= 0.6 is 0 Å². The van der Waals surface area contributed by atoms with E-state index in [9.17, 15) is 4.79 Å². The van der Waals surface area contributed by atoms with Gasteiger partial charge in [-0.05, 0) is 31.6 Å². The summed E-state index contributed by atoms with van der Waals surface area (Å²) in [7, 11) is 1.67. The van der Waals surface area contributed by atoms with Crippen LogP contribution in [0.1, 0.15) is 32.6 Å². The van der Waals surface area contributed by atoms with Crippen LogP contribution in [0.15, 0.2) is 0 Å². The lowest BCUT2D eigenvalue weighted by Crippen LogP contribution is -2.47. The number of amides is 1. The first kappa shape index (κ1) is 13.5. The maximum absolute atomic E-state index is 12.0. The van der Waals surface area contributed by atoms with E-state index in [4.69, 9.17) is 10.5 Å². The third kappa shape index (κ3) is 4.10. The second-order valence-electron chi connectivity index (χ2n) is 4.77. The van der Waals surface area contributed by atoms with Crippen molar-refractivity contribution in [3.8, 4) is 0 Å². The standard InChI is InChI=1S/C12H24N2O2/c1-10-5-3-7-14(9-10)12(15)11(13)6-4-8-16-2/h10-11H,3-9,13H2,1-2H3. The average molecular weight is 228 g/mol. The second kappa shape index (κ2) is 6.86. The summed E-state index contributed by atoms with van der Waals surface area (Å²) in [5.41, 5.74) is 5.89. The number of carbonyl (C=O) groups is 1.